The number of carbonyl (C=O) groups is 1. The number of hydrogen-bond donors (Lipinski definition) is 3. The first-order chi connectivity index (χ1) is 22.6. The number of hydrogen-bond acceptors (Lipinski definition) is 9. The van der Waals surface area contributed by atoms with Crippen molar-refractivity contribution >= 4 is 28.4 Å². The van der Waals surface area contributed by atoms with E-state index in [-0.39, 0.29) is 17.8 Å². The summed E-state index contributed by atoms with van der Waals surface area (Å²) >= 11 is 6.65. The Morgan fingerprint density at radius 1 is 1.13 bits per heavy atom. The van der Waals surface area contributed by atoms with Gasteiger partial charge in [-0.05, 0) is 37.1 Å². The molecule has 1 amide bonds. The number of nitrogens with zero attached hydrogens (tertiary/aromatic N) is 5. The molecule has 6 rings (SSSR count). The summed E-state index contributed by atoms with van der Waals surface area (Å²) in [5.41, 5.74) is 0.894. The average molecular weight is 676 g/mol. The number of methoxy groups -OCH3 is 1. The zero-order valence-electron chi connectivity index (χ0n) is 25.2. The summed E-state index contributed by atoms with van der Waals surface area (Å²) in [5, 5.41) is 41.6. The van der Waals surface area contributed by atoms with Gasteiger partial charge in [0.15, 0.2) is 23.6 Å². The zero-order chi connectivity index (χ0) is 33.4. The van der Waals surface area contributed by atoms with Gasteiger partial charge in [0, 0.05) is 18.1 Å². The van der Waals surface area contributed by atoms with Crippen molar-refractivity contribution in [3.05, 3.63) is 76.8 Å². The van der Waals surface area contributed by atoms with Crippen molar-refractivity contribution in [1.29, 1.82) is 0 Å². The second kappa shape index (κ2) is 13.8. The van der Waals surface area contributed by atoms with Gasteiger partial charge in [0.1, 0.15) is 30.0 Å². The third-order valence-electron chi connectivity index (χ3n) is 8.93. The Morgan fingerprint density at radius 2 is 1.85 bits per heavy atom. The molecule has 0 unspecified atom stereocenters. The molecule has 2 aromatic carbocycles. The largest absolute Gasteiger partial charge is 0.394 e. The third-order valence-corrected chi connectivity index (χ3v) is 9.25. The van der Waals surface area contributed by atoms with Crippen LogP contribution in [0.15, 0.2) is 48.7 Å². The number of aromatic nitrogens is 4. The van der Waals surface area contributed by atoms with Crippen LogP contribution in [0.4, 0.5) is 13.2 Å². The first kappa shape index (κ1) is 33.2. The summed E-state index contributed by atoms with van der Waals surface area (Å²) in [7, 11) is 1.30. The van der Waals surface area contributed by atoms with Gasteiger partial charge in [0.2, 0.25) is 0 Å². The monoisotopic (exact) mass is 675 g/mol. The number of para-hydroxylation sites is 1. The van der Waals surface area contributed by atoms with Gasteiger partial charge in [0.05, 0.1) is 47.7 Å². The van der Waals surface area contributed by atoms with E-state index in [4.69, 9.17) is 26.1 Å². The second-order valence-corrected chi connectivity index (χ2v) is 12.2. The molecule has 1 aliphatic carbocycles. The second-order valence-electron chi connectivity index (χ2n) is 11.8. The molecule has 0 bridgehead atoms. The summed E-state index contributed by atoms with van der Waals surface area (Å²) < 4.78 is 54.4. The van der Waals surface area contributed by atoms with Crippen molar-refractivity contribution in [2.75, 3.05) is 13.7 Å². The normalized spacial score (nSPS) is 26.4. The van der Waals surface area contributed by atoms with Crippen LogP contribution in [0.3, 0.4) is 0 Å². The lowest BCUT2D eigenvalue weighted by molar-refractivity contribution is -0.219. The Kier molecular flexibility index (Phi) is 9.78. The smallest absolute Gasteiger partial charge is 0.255 e. The standard InChI is InChI=1S/C32H33ClF3N5O6/c1-46-30-28(41-14-22(38-39-41)17-11-19(34)27(36)20(35)12-17)29(44)26(15-42)47-31(30)32(45)40(24-8-4-5-9-25(24)43)13-23-18(33)10-16-6-2-3-7-21(16)37-23/h2-3,6-7,10-12,14,24-26,28-31,42-44H,4-5,8-9,13,15H2,1H3/t24-,25-,26+,28-,29-,30+,31+/m0/s1. The van der Waals surface area contributed by atoms with E-state index < -0.39 is 72.6 Å². The molecule has 15 heteroatoms. The van der Waals surface area contributed by atoms with E-state index in [9.17, 15) is 33.3 Å². The summed E-state index contributed by atoms with van der Waals surface area (Å²) in [6.45, 7) is -0.759. The first-order valence-electron chi connectivity index (χ1n) is 15.2. The van der Waals surface area contributed by atoms with Gasteiger partial charge in [-0.1, -0.05) is 47.9 Å². The predicted octanol–water partition coefficient (Wildman–Crippen LogP) is 3.57. The van der Waals surface area contributed by atoms with E-state index in [0.29, 0.717) is 29.1 Å². The molecule has 11 nitrogen and oxygen atoms in total. The van der Waals surface area contributed by atoms with E-state index in [1.807, 2.05) is 24.3 Å². The zero-order valence-corrected chi connectivity index (χ0v) is 26.0. The fourth-order valence-corrected chi connectivity index (χ4v) is 6.72. The van der Waals surface area contributed by atoms with Crippen LogP contribution in [0.25, 0.3) is 22.2 Å². The molecule has 0 radical (unpaired) electrons. The molecule has 0 spiro atoms. The van der Waals surface area contributed by atoms with Crippen molar-refractivity contribution in [3.63, 3.8) is 0 Å². The van der Waals surface area contributed by atoms with Gasteiger partial charge >= 0.3 is 0 Å². The van der Waals surface area contributed by atoms with Crippen molar-refractivity contribution in [3.8, 4) is 11.3 Å². The number of fused-ring (bicyclic) bond motifs is 1. The minimum absolute atomic E-state index is 0.0521. The fourth-order valence-electron chi connectivity index (χ4n) is 6.50. The number of aliphatic hydroxyl groups excluding tert-OH is 3. The highest BCUT2D eigenvalue weighted by atomic mass is 35.5. The Hall–Kier alpha value is -3.66. The van der Waals surface area contributed by atoms with Gasteiger partial charge in [-0.25, -0.2) is 22.8 Å². The predicted molar refractivity (Wildman–Crippen MR) is 162 cm³/mol. The van der Waals surface area contributed by atoms with Gasteiger partial charge in [-0.2, -0.15) is 0 Å². The van der Waals surface area contributed by atoms with Crippen LogP contribution in [0.1, 0.15) is 37.4 Å². The van der Waals surface area contributed by atoms with Crippen LogP contribution in [0.5, 0.6) is 0 Å². The molecular weight excluding hydrogens is 643 g/mol. The average Bonchev–Trinajstić information content (AvgIpc) is 3.55. The number of carbonyl (C=O) groups excluding carboxylic acids is 1. The lowest BCUT2D eigenvalue weighted by Gasteiger charge is -2.46. The molecule has 3 heterocycles. The first-order valence-corrected chi connectivity index (χ1v) is 15.6. The minimum atomic E-state index is -1.64. The summed E-state index contributed by atoms with van der Waals surface area (Å²) in [4.78, 5) is 20.7. The Morgan fingerprint density at radius 3 is 2.55 bits per heavy atom. The van der Waals surface area contributed by atoms with Gasteiger partial charge in [0.25, 0.3) is 5.91 Å². The van der Waals surface area contributed by atoms with E-state index in [1.54, 1.807) is 6.07 Å². The number of halogens is 4. The van der Waals surface area contributed by atoms with Crippen LogP contribution in [-0.2, 0) is 20.8 Å². The molecule has 1 aliphatic heterocycles. The Balaban J connectivity index is 1.37. The molecule has 1 saturated heterocycles. The molecule has 3 N–H and O–H groups in total. The van der Waals surface area contributed by atoms with Crippen LogP contribution in [0.2, 0.25) is 5.02 Å². The fraction of sp³-hybridized carbons (Fsp3) is 0.438. The maximum Gasteiger partial charge on any atom is 0.255 e. The maximum absolute atomic E-state index is 14.6. The van der Waals surface area contributed by atoms with Crippen LogP contribution in [0, 0.1) is 17.5 Å². The minimum Gasteiger partial charge on any atom is -0.394 e. The molecule has 1 saturated carbocycles. The summed E-state index contributed by atoms with van der Waals surface area (Å²) in [6, 6.07) is 8.83. The number of rotatable bonds is 8. The van der Waals surface area contributed by atoms with Crippen LogP contribution < -0.4 is 0 Å². The number of aliphatic hydroxyl groups is 3. The number of pyridine rings is 1. The molecule has 2 aromatic heterocycles. The van der Waals surface area contributed by atoms with E-state index in [0.717, 1.165) is 35.0 Å². The molecule has 2 aliphatic rings. The highest BCUT2D eigenvalue weighted by molar-refractivity contribution is 6.31. The molecule has 4 aromatic rings. The maximum atomic E-state index is 14.6. The van der Waals surface area contributed by atoms with Crippen molar-refractivity contribution in [1.82, 2.24) is 24.9 Å². The van der Waals surface area contributed by atoms with E-state index in [1.165, 1.54) is 18.2 Å². The van der Waals surface area contributed by atoms with Crippen LogP contribution in [-0.4, -0.2) is 96.4 Å². The van der Waals surface area contributed by atoms with E-state index >= 15 is 0 Å². The molecular formula is C32H33ClF3N5O6. The number of ether oxygens (including phenoxy) is 2. The Labute approximate surface area is 272 Å². The topological polar surface area (TPSA) is 143 Å². The highest BCUT2D eigenvalue weighted by Gasteiger charge is 2.52. The van der Waals surface area contributed by atoms with Crippen molar-refractivity contribution in [2.45, 2.75) is 74.8 Å². The Bertz CT molecular complexity index is 1740. The van der Waals surface area contributed by atoms with Gasteiger partial charge in [-0.15, -0.1) is 5.10 Å². The molecule has 7 atom stereocenters. The van der Waals surface area contributed by atoms with Crippen molar-refractivity contribution < 1.29 is 42.8 Å². The van der Waals surface area contributed by atoms with E-state index in [2.05, 4.69) is 10.3 Å². The molecule has 47 heavy (non-hydrogen) atoms. The highest BCUT2D eigenvalue weighted by Crippen LogP contribution is 2.36. The lowest BCUT2D eigenvalue weighted by atomic mass is 9.88. The summed E-state index contributed by atoms with van der Waals surface area (Å²) in [5.74, 6) is -5.09. The van der Waals surface area contributed by atoms with Crippen molar-refractivity contribution in [2.24, 2.45) is 0 Å². The third kappa shape index (κ3) is 6.45. The SMILES string of the molecule is CO[C@@H]1[C@@H](n2cc(-c3cc(F)c(F)c(F)c3)nn2)[C@@H](O)[C@@H](CO)O[C@H]1C(=O)N(Cc1nc2ccccc2cc1Cl)[C@H]1CCCC[C@@H]1O. The number of amides is 1. The number of benzene rings is 2. The van der Waals surface area contributed by atoms with Gasteiger partial charge < -0.3 is 29.7 Å². The lowest BCUT2D eigenvalue weighted by Crippen LogP contribution is -2.62. The van der Waals surface area contributed by atoms with Gasteiger partial charge in [-0.3, -0.25) is 4.79 Å². The molecule has 250 valence electrons. The summed E-state index contributed by atoms with van der Waals surface area (Å²) in [6.07, 6.45) is -2.48. The quantitative estimate of drug-likeness (QED) is 0.239. The molecule has 2 fully saturated rings. The van der Waals surface area contributed by atoms with Crippen LogP contribution >= 0.6 is 11.6 Å².